The molecule has 1 N–H and O–H groups in total. The third-order valence-corrected chi connectivity index (χ3v) is 3.22. The first-order chi connectivity index (χ1) is 8.19. The summed E-state index contributed by atoms with van der Waals surface area (Å²) in [5, 5.41) is 3.45. The lowest BCUT2D eigenvalue weighted by molar-refractivity contribution is 0.0849. The van der Waals surface area contributed by atoms with Gasteiger partial charge in [-0.05, 0) is 44.4 Å². The number of nitrogens with one attached hydrogen (secondary N) is 1. The van der Waals surface area contributed by atoms with Crippen molar-refractivity contribution in [3.05, 3.63) is 29.6 Å². The Labute approximate surface area is 102 Å². The number of halogens is 1. The summed E-state index contributed by atoms with van der Waals surface area (Å²) in [6.07, 6.45) is 3.45. The molecule has 94 valence electrons. The molecule has 0 aliphatic heterocycles. The molecule has 1 saturated carbocycles. The van der Waals surface area contributed by atoms with E-state index in [0.29, 0.717) is 17.4 Å². The molecule has 0 amide bonds. The predicted octanol–water partition coefficient (Wildman–Crippen LogP) is 3.04. The number of benzene rings is 1. The lowest BCUT2D eigenvalue weighted by Gasteiger charge is -2.36. The highest BCUT2D eigenvalue weighted by molar-refractivity contribution is 5.28. The van der Waals surface area contributed by atoms with Crippen LogP contribution in [0.25, 0.3) is 0 Å². The minimum Gasteiger partial charge on any atom is -0.490 e. The lowest BCUT2D eigenvalue weighted by Crippen LogP contribution is -2.46. The Hall–Kier alpha value is -1.09. The standard InChI is InChI=1S/C14H20FNO/c1-3-6-16-11-7-13(8-11)17-12-5-4-10(2)14(15)9-12/h4-5,9,11,13,16H,3,6-8H2,1-2H3. The Morgan fingerprint density at radius 1 is 1.41 bits per heavy atom. The topological polar surface area (TPSA) is 21.3 Å². The average molecular weight is 237 g/mol. The van der Waals surface area contributed by atoms with Crippen LogP contribution in [0.1, 0.15) is 31.7 Å². The van der Waals surface area contributed by atoms with Crippen LogP contribution < -0.4 is 10.1 Å². The first-order valence-electron chi connectivity index (χ1n) is 6.35. The number of hydrogen-bond donors (Lipinski definition) is 1. The van der Waals surface area contributed by atoms with Gasteiger partial charge < -0.3 is 10.1 Å². The van der Waals surface area contributed by atoms with Gasteiger partial charge >= 0.3 is 0 Å². The maximum absolute atomic E-state index is 13.3. The molecular formula is C14H20FNO. The molecule has 0 spiro atoms. The fraction of sp³-hybridized carbons (Fsp3) is 0.571. The Kier molecular flexibility index (Phi) is 4.00. The summed E-state index contributed by atoms with van der Waals surface area (Å²) in [6, 6.07) is 5.65. The highest BCUT2D eigenvalue weighted by Gasteiger charge is 2.30. The second-order valence-electron chi connectivity index (χ2n) is 4.77. The highest BCUT2D eigenvalue weighted by Crippen LogP contribution is 2.26. The molecular weight excluding hydrogens is 217 g/mol. The number of aryl methyl sites for hydroxylation is 1. The molecule has 0 bridgehead atoms. The zero-order chi connectivity index (χ0) is 12.3. The maximum Gasteiger partial charge on any atom is 0.129 e. The normalized spacial score (nSPS) is 23.2. The van der Waals surface area contributed by atoms with E-state index in [1.54, 1.807) is 13.0 Å². The fourth-order valence-corrected chi connectivity index (χ4v) is 2.02. The van der Waals surface area contributed by atoms with Crippen molar-refractivity contribution >= 4 is 0 Å². The fourth-order valence-electron chi connectivity index (χ4n) is 2.02. The zero-order valence-corrected chi connectivity index (χ0v) is 10.5. The summed E-state index contributed by atoms with van der Waals surface area (Å²) >= 11 is 0. The van der Waals surface area contributed by atoms with Crippen molar-refractivity contribution in [2.45, 2.75) is 45.3 Å². The lowest BCUT2D eigenvalue weighted by atomic mass is 9.89. The van der Waals surface area contributed by atoms with Gasteiger partial charge in [-0.3, -0.25) is 0 Å². The van der Waals surface area contributed by atoms with Crippen molar-refractivity contribution in [2.75, 3.05) is 6.54 Å². The summed E-state index contributed by atoms with van der Waals surface area (Å²) in [5.41, 5.74) is 0.661. The Morgan fingerprint density at radius 3 is 2.82 bits per heavy atom. The van der Waals surface area contributed by atoms with E-state index in [1.807, 2.05) is 6.07 Å². The monoisotopic (exact) mass is 237 g/mol. The molecule has 1 aromatic carbocycles. The summed E-state index contributed by atoms with van der Waals surface area (Å²) in [5.74, 6) is 0.453. The van der Waals surface area contributed by atoms with Crippen molar-refractivity contribution in [3.8, 4) is 5.75 Å². The molecule has 0 aromatic heterocycles. The van der Waals surface area contributed by atoms with Crippen molar-refractivity contribution in [2.24, 2.45) is 0 Å². The Morgan fingerprint density at radius 2 is 2.18 bits per heavy atom. The van der Waals surface area contributed by atoms with E-state index >= 15 is 0 Å². The largest absolute Gasteiger partial charge is 0.490 e. The van der Waals surface area contributed by atoms with Crippen LogP contribution in [-0.4, -0.2) is 18.7 Å². The van der Waals surface area contributed by atoms with Crippen molar-refractivity contribution in [1.82, 2.24) is 5.32 Å². The van der Waals surface area contributed by atoms with Crippen LogP contribution in [0.3, 0.4) is 0 Å². The van der Waals surface area contributed by atoms with Gasteiger partial charge in [-0.2, -0.15) is 0 Å². The molecule has 2 rings (SSSR count). The molecule has 0 radical (unpaired) electrons. The summed E-state index contributed by atoms with van der Waals surface area (Å²) in [6.45, 7) is 4.98. The van der Waals surface area contributed by atoms with Crippen LogP contribution in [0.5, 0.6) is 5.75 Å². The Balaban J connectivity index is 1.77. The van der Waals surface area contributed by atoms with Crippen molar-refractivity contribution in [1.29, 1.82) is 0 Å². The van der Waals surface area contributed by atoms with Gasteiger partial charge in [0.05, 0.1) is 0 Å². The van der Waals surface area contributed by atoms with Crippen molar-refractivity contribution < 1.29 is 9.13 Å². The van der Waals surface area contributed by atoms with Crippen LogP contribution >= 0.6 is 0 Å². The van der Waals surface area contributed by atoms with Gasteiger partial charge in [0.2, 0.25) is 0 Å². The first kappa shape index (κ1) is 12.4. The molecule has 0 atom stereocenters. The van der Waals surface area contributed by atoms with E-state index in [9.17, 15) is 4.39 Å². The van der Waals surface area contributed by atoms with Crippen molar-refractivity contribution in [3.63, 3.8) is 0 Å². The summed E-state index contributed by atoms with van der Waals surface area (Å²) < 4.78 is 19.0. The highest BCUT2D eigenvalue weighted by atomic mass is 19.1. The van der Waals surface area contributed by atoms with E-state index in [2.05, 4.69) is 12.2 Å². The van der Waals surface area contributed by atoms with Crippen LogP contribution in [0.2, 0.25) is 0 Å². The summed E-state index contributed by atoms with van der Waals surface area (Å²) in [7, 11) is 0. The number of rotatable bonds is 5. The van der Waals surface area contributed by atoms with Crippen LogP contribution in [0.4, 0.5) is 4.39 Å². The first-order valence-corrected chi connectivity index (χ1v) is 6.35. The molecule has 2 nitrogen and oxygen atoms in total. The van der Waals surface area contributed by atoms with Crippen LogP contribution in [-0.2, 0) is 0 Å². The molecule has 0 heterocycles. The molecule has 0 unspecified atom stereocenters. The van der Waals surface area contributed by atoms with Gasteiger partial charge in [0.15, 0.2) is 0 Å². The van der Waals surface area contributed by atoms with Gasteiger partial charge in [0.1, 0.15) is 17.7 Å². The zero-order valence-electron chi connectivity index (χ0n) is 10.5. The summed E-state index contributed by atoms with van der Waals surface area (Å²) in [4.78, 5) is 0. The molecule has 3 heteroatoms. The number of hydrogen-bond acceptors (Lipinski definition) is 2. The minimum atomic E-state index is -0.192. The third kappa shape index (κ3) is 3.19. The smallest absolute Gasteiger partial charge is 0.129 e. The second-order valence-corrected chi connectivity index (χ2v) is 4.77. The van der Waals surface area contributed by atoms with E-state index in [0.717, 1.165) is 25.8 Å². The van der Waals surface area contributed by atoms with Crippen LogP contribution in [0.15, 0.2) is 18.2 Å². The molecule has 1 aliphatic rings. The second kappa shape index (κ2) is 5.50. The minimum absolute atomic E-state index is 0.192. The molecule has 0 saturated heterocycles. The molecule has 17 heavy (non-hydrogen) atoms. The van der Waals surface area contributed by atoms with E-state index in [1.165, 1.54) is 6.07 Å². The van der Waals surface area contributed by atoms with Gasteiger partial charge in [-0.15, -0.1) is 0 Å². The van der Waals surface area contributed by atoms with Crippen LogP contribution in [0, 0.1) is 12.7 Å². The van der Waals surface area contributed by atoms with Gasteiger partial charge in [0, 0.05) is 12.1 Å². The third-order valence-electron chi connectivity index (χ3n) is 3.22. The maximum atomic E-state index is 13.3. The molecule has 1 aliphatic carbocycles. The molecule has 1 fully saturated rings. The molecule has 1 aromatic rings. The van der Waals surface area contributed by atoms with Gasteiger partial charge in [-0.1, -0.05) is 13.0 Å². The quantitative estimate of drug-likeness (QED) is 0.850. The van der Waals surface area contributed by atoms with E-state index in [4.69, 9.17) is 4.74 Å². The van der Waals surface area contributed by atoms with E-state index < -0.39 is 0 Å². The van der Waals surface area contributed by atoms with Gasteiger partial charge in [-0.25, -0.2) is 4.39 Å². The average Bonchev–Trinajstić information content (AvgIpc) is 2.26. The SMILES string of the molecule is CCCNC1CC(Oc2ccc(C)c(F)c2)C1. The number of ether oxygens (including phenoxy) is 1. The Bertz CT molecular complexity index is 374. The predicted molar refractivity (Wildman–Crippen MR) is 66.9 cm³/mol. The van der Waals surface area contributed by atoms with E-state index in [-0.39, 0.29) is 11.9 Å². The van der Waals surface area contributed by atoms with Gasteiger partial charge in [0.25, 0.3) is 0 Å².